The fourth-order valence-electron chi connectivity index (χ4n) is 2.03. The lowest BCUT2D eigenvalue weighted by Crippen LogP contribution is -2.31. The van der Waals surface area contributed by atoms with Crippen LogP contribution in [-0.2, 0) is 6.54 Å². The van der Waals surface area contributed by atoms with Gasteiger partial charge in [0.05, 0.1) is 0 Å². The molecule has 1 saturated heterocycles. The molecule has 0 atom stereocenters. The van der Waals surface area contributed by atoms with Crippen LogP contribution in [0.3, 0.4) is 0 Å². The van der Waals surface area contributed by atoms with Gasteiger partial charge in [-0.2, -0.15) is 11.8 Å². The highest BCUT2D eigenvalue weighted by atomic mass is 32.2. The van der Waals surface area contributed by atoms with Gasteiger partial charge in [0.25, 0.3) is 0 Å². The van der Waals surface area contributed by atoms with Crippen LogP contribution in [0.15, 0.2) is 24.3 Å². The Morgan fingerprint density at radius 2 is 1.75 bits per heavy atom. The maximum Gasteiger partial charge on any atom is 0.0234 e. The van der Waals surface area contributed by atoms with Gasteiger partial charge < -0.3 is 0 Å². The second-order valence-corrected chi connectivity index (χ2v) is 6.01. The topological polar surface area (TPSA) is 3.24 Å². The molecule has 0 N–H and O–H groups in total. The van der Waals surface area contributed by atoms with Gasteiger partial charge in [-0.1, -0.05) is 38.1 Å². The number of rotatable bonds is 3. The summed E-state index contributed by atoms with van der Waals surface area (Å²) in [4.78, 5) is 2.56. The second-order valence-electron chi connectivity index (χ2n) is 4.78. The minimum atomic E-state index is 0.639. The molecule has 0 aromatic heterocycles. The van der Waals surface area contributed by atoms with Gasteiger partial charge >= 0.3 is 0 Å². The van der Waals surface area contributed by atoms with E-state index in [2.05, 4.69) is 54.8 Å². The first-order valence-corrected chi connectivity index (χ1v) is 7.30. The summed E-state index contributed by atoms with van der Waals surface area (Å²) in [7, 11) is 0. The maximum atomic E-state index is 2.56. The van der Waals surface area contributed by atoms with Crippen LogP contribution in [0.25, 0.3) is 0 Å². The summed E-state index contributed by atoms with van der Waals surface area (Å²) in [6.07, 6.45) is 0. The zero-order chi connectivity index (χ0) is 11.4. The lowest BCUT2D eigenvalue weighted by Gasteiger charge is -2.26. The van der Waals surface area contributed by atoms with Crippen LogP contribution in [-0.4, -0.2) is 29.5 Å². The van der Waals surface area contributed by atoms with Gasteiger partial charge in [0.2, 0.25) is 0 Å². The van der Waals surface area contributed by atoms with Crippen molar-refractivity contribution in [1.29, 1.82) is 0 Å². The van der Waals surface area contributed by atoms with Gasteiger partial charge in [-0.15, -0.1) is 0 Å². The third kappa shape index (κ3) is 3.26. The zero-order valence-corrected chi connectivity index (χ0v) is 11.1. The molecule has 2 heteroatoms. The van der Waals surface area contributed by atoms with Crippen molar-refractivity contribution in [2.75, 3.05) is 24.6 Å². The average molecular weight is 235 g/mol. The largest absolute Gasteiger partial charge is 0.297 e. The Bertz CT molecular complexity index is 312. The van der Waals surface area contributed by atoms with Crippen molar-refractivity contribution in [2.24, 2.45) is 0 Å². The van der Waals surface area contributed by atoms with E-state index >= 15 is 0 Å². The highest BCUT2D eigenvalue weighted by Gasteiger charge is 2.10. The summed E-state index contributed by atoms with van der Waals surface area (Å²) in [5, 5.41) is 0. The van der Waals surface area contributed by atoms with E-state index in [4.69, 9.17) is 0 Å². The van der Waals surface area contributed by atoms with E-state index in [0.29, 0.717) is 5.92 Å². The van der Waals surface area contributed by atoms with E-state index in [-0.39, 0.29) is 0 Å². The number of thioether (sulfide) groups is 1. The molecular formula is C14H21NS. The predicted octanol–water partition coefficient (Wildman–Crippen LogP) is 3.36. The minimum Gasteiger partial charge on any atom is -0.297 e. The molecule has 1 nitrogen and oxygen atoms in total. The number of nitrogens with zero attached hydrogens (tertiary/aromatic N) is 1. The smallest absolute Gasteiger partial charge is 0.0234 e. The van der Waals surface area contributed by atoms with Gasteiger partial charge in [-0.05, 0) is 17.0 Å². The molecule has 1 aromatic carbocycles. The second kappa shape index (κ2) is 5.74. The molecule has 0 spiro atoms. The van der Waals surface area contributed by atoms with Crippen molar-refractivity contribution in [3.05, 3.63) is 35.4 Å². The van der Waals surface area contributed by atoms with Crippen LogP contribution in [0.1, 0.15) is 30.9 Å². The van der Waals surface area contributed by atoms with Crippen LogP contribution < -0.4 is 0 Å². The van der Waals surface area contributed by atoms with Gasteiger partial charge in [-0.3, -0.25) is 4.90 Å². The van der Waals surface area contributed by atoms with Crippen molar-refractivity contribution < 1.29 is 0 Å². The molecule has 1 aliphatic rings. The molecular weight excluding hydrogens is 214 g/mol. The standard InChI is InChI=1S/C14H21NS/c1-12(2)14-5-3-13(4-6-14)11-15-7-9-16-10-8-15/h3-6,12H,7-11H2,1-2H3. The molecule has 1 aliphatic heterocycles. The molecule has 0 bridgehead atoms. The molecule has 1 heterocycles. The highest BCUT2D eigenvalue weighted by molar-refractivity contribution is 7.99. The summed E-state index contributed by atoms with van der Waals surface area (Å²) in [5.41, 5.74) is 2.90. The Morgan fingerprint density at radius 3 is 2.31 bits per heavy atom. The zero-order valence-electron chi connectivity index (χ0n) is 10.3. The van der Waals surface area contributed by atoms with Crippen molar-refractivity contribution in [1.82, 2.24) is 4.90 Å². The fourth-order valence-corrected chi connectivity index (χ4v) is 3.00. The molecule has 2 rings (SSSR count). The Morgan fingerprint density at radius 1 is 1.12 bits per heavy atom. The van der Waals surface area contributed by atoms with Crippen LogP contribution in [0.4, 0.5) is 0 Å². The van der Waals surface area contributed by atoms with E-state index in [1.165, 1.54) is 35.7 Å². The van der Waals surface area contributed by atoms with Crippen LogP contribution in [0, 0.1) is 0 Å². The Balaban J connectivity index is 1.93. The van der Waals surface area contributed by atoms with E-state index in [0.717, 1.165) is 6.54 Å². The first-order chi connectivity index (χ1) is 7.75. The molecule has 88 valence electrons. The molecule has 0 saturated carbocycles. The molecule has 0 aliphatic carbocycles. The van der Waals surface area contributed by atoms with Crippen LogP contribution >= 0.6 is 11.8 Å². The van der Waals surface area contributed by atoms with Gasteiger partial charge in [0.1, 0.15) is 0 Å². The number of hydrogen-bond acceptors (Lipinski definition) is 2. The summed E-state index contributed by atoms with van der Waals surface area (Å²) in [6.45, 7) is 8.11. The summed E-state index contributed by atoms with van der Waals surface area (Å²) in [6, 6.07) is 9.13. The third-order valence-electron chi connectivity index (χ3n) is 3.16. The Kier molecular flexibility index (Phi) is 4.30. The quantitative estimate of drug-likeness (QED) is 0.790. The monoisotopic (exact) mass is 235 g/mol. The van der Waals surface area contributed by atoms with Gasteiger partial charge in [0, 0.05) is 31.1 Å². The average Bonchev–Trinajstić information content (AvgIpc) is 2.31. The SMILES string of the molecule is CC(C)c1ccc(CN2CCSCC2)cc1. The predicted molar refractivity (Wildman–Crippen MR) is 73.1 cm³/mol. The van der Waals surface area contributed by atoms with E-state index < -0.39 is 0 Å². The molecule has 16 heavy (non-hydrogen) atoms. The van der Waals surface area contributed by atoms with Crippen LogP contribution in [0.2, 0.25) is 0 Å². The summed E-state index contributed by atoms with van der Waals surface area (Å²) >= 11 is 2.07. The number of benzene rings is 1. The lowest BCUT2D eigenvalue weighted by molar-refractivity contribution is 0.294. The van der Waals surface area contributed by atoms with Crippen molar-refractivity contribution in [3.8, 4) is 0 Å². The van der Waals surface area contributed by atoms with Crippen molar-refractivity contribution in [3.63, 3.8) is 0 Å². The summed E-state index contributed by atoms with van der Waals surface area (Å²) in [5.74, 6) is 3.23. The van der Waals surface area contributed by atoms with E-state index in [1.54, 1.807) is 0 Å². The normalized spacial score (nSPS) is 17.9. The summed E-state index contributed by atoms with van der Waals surface area (Å²) < 4.78 is 0. The fraction of sp³-hybridized carbons (Fsp3) is 0.571. The van der Waals surface area contributed by atoms with E-state index in [1.807, 2.05) is 0 Å². The Hall–Kier alpha value is -0.470. The van der Waals surface area contributed by atoms with Crippen LogP contribution in [0.5, 0.6) is 0 Å². The van der Waals surface area contributed by atoms with Crippen molar-refractivity contribution >= 4 is 11.8 Å². The van der Waals surface area contributed by atoms with Gasteiger partial charge in [-0.25, -0.2) is 0 Å². The minimum absolute atomic E-state index is 0.639. The first kappa shape index (κ1) is 12.0. The number of hydrogen-bond donors (Lipinski definition) is 0. The Labute approximate surface area is 103 Å². The third-order valence-corrected chi connectivity index (χ3v) is 4.10. The van der Waals surface area contributed by atoms with Crippen molar-refractivity contribution in [2.45, 2.75) is 26.3 Å². The highest BCUT2D eigenvalue weighted by Crippen LogP contribution is 2.17. The van der Waals surface area contributed by atoms with E-state index in [9.17, 15) is 0 Å². The first-order valence-electron chi connectivity index (χ1n) is 6.14. The molecule has 1 aromatic rings. The molecule has 0 amide bonds. The molecule has 0 unspecified atom stereocenters. The molecule has 0 radical (unpaired) electrons. The molecule has 1 fully saturated rings. The lowest BCUT2D eigenvalue weighted by atomic mass is 10.0. The van der Waals surface area contributed by atoms with Gasteiger partial charge in [0.15, 0.2) is 0 Å². The maximum absolute atomic E-state index is 2.56.